The minimum atomic E-state index is 0. The Balaban J connectivity index is 0.00000300. The summed E-state index contributed by atoms with van der Waals surface area (Å²) in [6.45, 7) is 8.49. The second-order valence-corrected chi connectivity index (χ2v) is 7.03. The fourth-order valence-electron chi connectivity index (χ4n) is 3.33. The van der Waals surface area contributed by atoms with Crippen molar-refractivity contribution in [3.63, 3.8) is 0 Å². The zero-order valence-corrected chi connectivity index (χ0v) is 20.2. The molecule has 1 aromatic carbocycles. The molecule has 0 saturated carbocycles. The van der Waals surface area contributed by atoms with E-state index in [0.29, 0.717) is 6.54 Å². The molecule has 3 aromatic rings. The molecule has 1 N–H and O–H groups in total. The molecule has 7 heteroatoms. The topological polar surface area (TPSA) is 50.4 Å². The van der Waals surface area contributed by atoms with Gasteiger partial charge in [-0.1, -0.05) is 18.2 Å². The van der Waals surface area contributed by atoms with Gasteiger partial charge >= 0.3 is 0 Å². The summed E-state index contributed by atoms with van der Waals surface area (Å²) in [5.41, 5.74) is 5.65. The van der Waals surface area contributed by atoms with Gasteiger partial charge in [-0.15, -0.1) is 24.0 Å². The van der Waals surface area contributed by atoms with Gasteiger partial charge in [0.1, 0.15) is 0 Å². The molecule has 0 amide bonds. The van der Waals surface area contributed by atoms with Gasteiger partial charge in [-0.3, -0.25) is 0 Å². The molecule has 0 bridgehead atoms. The second-order valence-electron chi connectivity index (χ2n) is 7.03. The first kappa shape index (κ1) is 23.0. The molecule has 0 saturated heterocycles. The van der Waals surface area contributed by atoms with Crippen molar-refractivity contribution < 1.29 is 0 Å². The van der Waals surface area contributed by atoms with E-state index < -0.39 is 0 Å². The van der Waals surface area contributed by atoms with Gasteiger partial charge < -0.3 is 14.8 Å². The molecular weight excluding hydrogens is 475 g/mol. The number of para-hydroxylation sites is 1. The lowest BCUT2D eigenvalue weighted by Gasteiger charge is -2.22. The van der Waals surface area contributed by atoms with E-state index in [0.717, 1.165) is 36.1 Å². The van der Waals surface area contributed by atoms with Crippen molar-refractivity contribution in [1.82, 2.24) is 24.6 Å². The Hall–Kier alpha value is -2.29. The van der Waals surface area contributed by atoms with Crippen LogP contribution >= 0.6 is 24.0 Å². The lowest BCUT2D eigenvalue weighted by Crippen LogP contribution is -2.38. The average molecular weight is 506 g/mol. The zero-order valence-electron chi connectivity index (χ0n) is 17.9. The molecule has 2 heterocycles. The predicted octanol–water partition coefficient (Wildman–Crippen LogP) is 4.04. The highest BCUT2D eigenvalue weighted by Crippen LogP contribution is 2.18. The number of nitrogens with one attached hydrogen (secondary N) is 1. The average Bonchev–Trinajstić information content (AvgIpc) is 3.22. The van der Waals surface area contributed by atoms with Crippen molar-refractivity contribution in [2.24, 2.45) is 12.0 Å². The van der Waals surface area contributed by atoms with E-state index in [1.807, 2.05) is 22.9 Å². The Morgan fingerprint density at radius 3 is 2.48 bits per heavy atom. The van der Waals surface area contributed by atoms with E-state index in [9.17, 15) is 0 Å². The van der Waals surface area contributed by atoms with Crippen LogP contribution in [0.2, 0.25) is 0 Å². The van der Waals surface area contributed by atoms with E-state index in [2.05, 4.69) is 80.1 Å². The maximum Gasteiger partial charge on any atom is 0.194 e. The smallest absolute Gasteiger partial charge is 0.194 e. The van der Waals surface area contributed by atoms with Crippen LogP contribution in [0.3, 0.4) is 0 Å². The minimum Gasteiger partial charge on any atom is -0.357 e. The number of aliphatic imine (C=N–C) groups is 1. The Kier molecular flexibility index (Phi) is 8.31. The van der Waals surface area contributed by atoms with Crippen molar-refractivity contribution in [2.45, 2.75) is 33.9 Å². The van der Waals surface area contributed by atoms with Gasteiger partial charge in [-0.25, -0.2) is 9.67 Å². The first-order valence-corrected chi connectivity index (χ1v) is 9.71. The summed E-state index contributed by atoms with van der Waals surface area (Å²) < 4.78 is 4.14. The van der Waals surface area contributed by atoms with Gasteiger partial charge in [0.15, 0.2) is 5.96 Å². The zero-order chi connectivity index (χ0) is 20.1. The molecular formula is C22H31IN6. The summed E-state index contributed by atoms with van der Waals surface area (Å²) in [5.74, 6) is 0.898. The molecule has 0 fully saturated rings. The van der Waals surface area contributed by atoms with E-state index in [4.69, 9.17) is 10.1 Å². The molecule has 0 spiro atoms. The van der Waals surface area contributed by atoms with Crippen molar-refractivity contribution in [3.05, 3.63) is 71.3 Å². The second kappa shape index (κ2) is 10.5. The van der Waals surface area contributed by atoms with Crippen LogP contribution in [-0.2, 0) is 20.1 Å². The number of guanidine groups is 1. The Morgan fingerprint density at radius 2 is 1.86 bits per heavy atom. The fourth-order valence-corrected chi connectivity index (χ4v) is 3.33. The van der Waals surface area contributed by atoms with E-state index in [1.165, 1.54) is 11.3 Å². The van der Waals surface area contributed by atoms with Crippen LogP contribution in [0.1, 0.15) is 29.6 Å². The molecule has 0 aliphatic carbocycles. The van der Waals surface area contributed by atoms with Crippen LogP contribution in [0.25, 0.3) is 5.69 Å². The first-order chi connectivity index (χ1) is 13.5. The van der Waals surface area contributed by atoms with Crippen molar-refractivity contribution in [1.29, 1.82) is 0 Å². The first-order valence-electron chi connectivity index (χ1n) is 9.71. The summed E-state index contributed by atoms with van der Waals surface area (Å²) in [6, 6.07) is 14.4. The van der Waals surface area contributed by atoms with Gasteiger partial charge in [-0.2, -0.15) is 5.10 Å². The fraction of sp³-hybridized carbons (Fsp3) is 0.364. The normalized spacial score (nSPS) is 11.3. The summed E-state index contributed by atoms with van der Waals surface area (Å²) in [6.07, 6.45) is 2.07. The highest BCUT2D eigenvalue weighted by atomic mass is 127. The van der Waals surface area contributed by atoms with Crippen molar-refractivity contribution >= 4 is 29.9 Å². The summed E-state index contributed by atoms with van der Waals surface area (Å²) in [4.78, 5) is 7.05. The Morgan fingerprint density at radius 1 is 1.14 bits per heavy atom. The third-order valence-corrected chi connectivity index (χ3v) is 4.98. The molecule has 0 atom stereocenters. The molecule has 0 aliphatic heterocycles. The quantitative estimate of drug-likeness (QED) is 0.312. The maximum atomic E-state index is 4.89. The third kappa shape index (κ3) is 5.41. The molecule has 0 unspecified atom stereocenters. The van der Waals surface area contributed by atoms with Gasteiger partial charge in [0.2, 0.25) is 0 Å². The molecule has 2 aromatic heterocycles. The Labute approximate surface area is 190 Å². The summed E-state index contributed by atoms with van der Waals surface area (Å²) in [5, 5.41) is 8.13. The molecule has 0 radical (unpaired) electrons. The maximum absolute atomic E-state index is 4.89. The highest BCUT2D eigenvalue weighted by Gasteiger charge is 2.14. The lowest BCUT2D eigenvalue weighted by atomic mass is 10.2. The molecule has 156 valence electrons. The molecule has 0 aliphatic rings. The summed E-state index contributed by atoms with van der Waals surface area (Å²) >= 11 is 0. The molecule has 29 heavy (non-hydrogen) atoms. The third-order valence-electron chi connectivity index (χ3n) is 4.98. The number of hydrogen-bond donors (Lipinski definition) is 1. The minimum absolute atomic E-state index is 0. The number of hydrogen-bond acceptors (Lipinski definition) is 2. The molecule has 3 rings (SSSR count). The Bertz CT molecular complexity index is 942. The highest BCUT2D eigenvalue weighted by molar-refractivity contribution is 14.0. The largest absolute Gasteiger partial charge is 0.357 e. The van der Waals surface area contributed by atoms with Crippen molar-refractivity contribution in [2.75, 3.05) is 13.6 Å². The van der Waals surface area contributed by atoms with Crippen LogP contribution < -0.4 is 5.32 Å². The van der Waals surface area contributed by atoms with E-state index in [-0.39, 0.29) is 24.0 Å². The van der Waals surface area contributed by atoms with Crippen LogP contribution in [0.15, 0.2) is 53.7 Å². The monoisotopic (exact) mass is 506 g/mol. The number of rotatable bonds is 6. The van der Waals surface area contributed by atoms with E-state index >= 15 is 0 Å². The van der Waals surface area contributed by atoms with Gasteiger partial charge in [-0.05, 0) is 45.0 Å². The van der Waals surface area contributed by atoms with E-state index in [1.54, 1.807) is 0 Å². The predicted molar refractivity (Wildman–Crippen MR) is 130 cm³/mol. The number of halogens is 1. The standard InChI is InChI=1S/C22H30N6.HI/c1-6-23-22(27(5)16-20-13-10-14-26(20)4)24-15-21-17(2)25-28(18(21)3)19-11-8-7-9-12-19;/h7-14H,6,15-16H2,1-5H3,(H,23,24);1H. The summed E-state index contributed by atoms with van der Waals surface area (Å²) in [7, 11) is 4.14. The van der Waals surface area contributed by atoms with Gasteiger partial charge in [0.25, 0.3) is 0 Å². The number of benzene rings is 1. The van der Waals surface area contributed by atoms with Gasteiger partial charge in [0, 0.05) is 43.8 Å². The number of aromatic nitrogens is 3. The van der Waals surface area contributed by atoms with Crippen molar-refractivity contribution in [3.8, 4) is 5.69 Å². The van der Waals surface area contributed by atoms with Crippen LogP contribution in [0.4, 0.5) is 0 Å². The van der Waals surface area contributed by atoms with Gasteiger partial charge in [0.05, 0.1) is 24.5 Å². The van der Waals surface area contributed by atoms with Crippen LogP contribution in [0.5, 0.6) is 0 Å². The SMILES string of the molecule is CCNC(=NCc1c(C)nn(-c2ccccc2)c1C)N(C)Cc1cccn1C.I. The number of aryl methyl sites for hydroxylation is 2. The van der Waals surface area contributed by atoms with Crippen LogP contribution in [-0.4, -0.2) is 38.8 Å². The lowest BCUT2D eigenvalue weighted by molar-refractivity contribution is 0.462. The van der Waals surface area contributed by atoms with Crippen LogP contribution in [0, 0.1) is 13.8 Å². The molecule has 6 nitrogen and oxygen atoms in total. The number of nitrogens with zero attached hydrogens (tertiary/aromatic N) is 5.